The number of methoxy groups -OCH3 is 4. The van der Waals surface area contributed by atoms with Crippen molar-refractivity contribution in [2.24, 2.45) is 0 Å². The van der Waals surface area contributed by atoms with E-state index in [1.807, 2.05) is 45.0 Å². The lowest BCUT2D eigenvalue weighted by atomic mass is 10.0. The Morgan fingerprint density at radius 2 is 1.45 bits per heavy atom. The van der Waals surface area contributed by atoms with Gasteiger partial charge in [0.05, 0.1) is 34.1 Å². The van der Waals surface area contributed by atoms with Gasteiger partial charge in [-0.25, -0.2) is 4.79 Å². The second-order valence-corrected chi connectivity index (χ2v) is 8.56. The Morgan fingerprint density at radius 1 is 0.879 bits per heavy atom. The normalized spacial score (nSPS) is 11.1. The van der Waals surface area contributed by atoms with Crippen LogP contribution in [-0.2, 0) is 6.42 Å². The van der Waals surface area contributed by atoms with Crippen molar-refractivity contribution in [3.63, 3.8) is 0 Å². The summed E-state index contributed by atoms with van der Waals surface area (Å²) in [6, 6.07) is 9.05. The average molecular weight is 454 g/mol. The van der Waals surface area contributed by atoms with Crippen molar-refractivity contribution in [2.75, 3.05) is 33.8 Å². The maximum atomic E-state index is 12.6. The first-order valence-electron chi connectivity index (χ1n) is 10.5. The SMILES string of the molecule is COc1cc(Cc2nccc3cc(OC)c(OC)cc23)c(NC(=O)NC(C)(C)C)cc1OC. The maximum Gasteiger partial charge on any atom is 0.319 e. The zero-order valence-electron chi connectivity index (χ0n) is 20.2. The van der Waals surface area contributed by atoms with Crippen molar-refractivity contribution in [3.05, 3.63) is 47.8 Å². The molecule has 2 N–H and O–H groups in total. The van der Waals surface area contributed by atoms with E-state index in [0.717, 1.165) is 22.0 Å². The fourth-order valence-corrected chi connectivity index (χ4v) is 3.56. The smallest absolute Gasteiger partial charge is 0.319 e. The highest BCUT2D eigenvalue weighted by molar-refractivity contribution is 5.92. The predicted molar refractivity (Wildman–Crippen MR) is 129 cm³/mol. The number of nitrogens with zero attached hydrogens (tertiary/aromatic N) is 1. The van der Waals surface area contributed by atoms with Gasteiger partial charge in [0, 0.05) is 35.3 Å². The minimum Gasteiger partial charge on any atom is -0.493 e. The van der Waals surface area contributed by atoms with Crippen LogP contribution in [-0.4, -0.2) is 45.0 Å². The number of pyridine rings is 1. The number of rotatable bonds is 7. The zero-order chi connectivity index (χ0) is 24.2. The van der Waals surface area contributed by atoms with Crippen LogP contribution in [0.25, 0.3) is 10.8 Å². The highest BCUT2D eigenvalue weighted by atomic mass is 16.5. The number of hydrogen-bond acceptors (Lipinski definition) is 6. The highest BCUT2D eigenvalue weighted by Crippen LogP contribution is 2.37. The number of fused-ring (bicyclic) bond motifs is 1. The van der Waals surface area contributed by atoms with Crippen LogP contribution in [0.5, 0.6) is 23.0 Å². The summed E-state index contributed by atoms with van der Waals surface area (Å²) in [5.41, 5.74) is 1.87. The summed E-state index contributed by atoms with van der Waals surface area (Å²) in [5, 5.41) is 7.75. The number of hydrogen-bond donors (Lipinski definition) is 2. The zero-order valence-corrected chi connectivity index (χ0v) is 20.2. The van der Waals surface area contributed by atoms with E-state index >= 15 is 0 Å². The van der Waals surface area contributed by atoms with Crippen LogP contribution in [0.1, 0.15) is 32.0 Å². The van der Waals surface area contributed by atoms with Gasteiger partial charge in [0.15, 0.2) is 23.0 Å². The van der Waals surface area contributed by atoms with Crippen LogP contribution in [0.2, 0.25) is 0 Å². The van der Waals surface area contributed by atoms with E-state index in [1.54, 1.807) is 40.7 Å². The maximum absolute atomic E-state index is 12.6. The summed E-state index contributed by atoms with van der Waals surface area (Å²) >= 11 is 0. The number of ether oxygens (including phenoxy) is 4. The number of nitrogens with one attached hydrogen (secondary N) is 2. The molecule has 0 radical (unpaired) electrons. The minimum absolute atomic E-state index is 0.312. The molecule has 0 aliphatic carbocycles. The lowest BCUT2D eigenvalue weighted by Crippen LogP contribution is -2.43. The summed E-state index contributed by atoms with van der Waals surface area (Å²) in [6.45, 7) is 5.76. The molecule has 176 valence electrons. The topological polar surface area (TPSA) is 90.9 Å². The second-order valence-electron chi connectivity index (χ2n) is 8.56. The van der Waals surface area contributed by atoms with Gasteiger partial charge in [-0.2, -0.15) is 0 Å². The fourth-order valence-electron chi connectivity index (χ4n) is 3.56. The van der Waals surface area contributed by atoms with Gasteiger partial charge in [-0.05, 0) is 56.0 Å². The summed E-state index contributed by atoms with van der Waals surface area (Å²) < 4.78 is 21.9. The number of amides is 2. The lowest BCUT2D eigenvalue weighted by Gasteiger charge is -2.22. The third-order valence-electron chi connectivity index (χ3n) is 5.06. The Hall–Kier alpha value is -3.68. The molecule has 1 heterocycles. The molecule has 3 aromatic rings. The molecule has 2 aromatic carbocycles. The van der Waals surface area contributed by atoms with Crippen molar-refractivity contribution < 1.29 is 23.7 Å². The molecule has 0 bridgehead atoms. The van der Waals surface area contributed by atoms with Crippen LogP contribution < -0.4 is 29.6 Å². The van der Waals surface area contributed by atoms with Crippen LogP contribution in [0.4, 0.5) is 10.5 Å². The first kappa shape index (κ1) is 24.0. The molecule has 8 heteroatoms. The van der Waals surface area contributed by atoms with Gasteiger partial charge in [0.2, 0.25) is 0 Å². The molecular weight excluding hydrogens is 422 g/mol. The van der Waals surface area contributed by atoms with Crippen molar-refractivity contribution in [3.8, 4) is 23.0 Å². The number of benzene rings is 2. The number of carbonyl (C=O) groups excluding carboxylic acids is 1. The number of carbonyl (C=O) groups is 1. The van der Waals surface area contributed by atoms with Crippen molar-refractivity contribution >= 4 is 22.5 Å². The van der Waals surface area contributed by atoms with Gasteiger partial charge in [-0.1, -0.05) is 0 Å². The Labute approximate surface area is 194 Å². The first-order chi connectivity index (χ1) is 15.7. The quantitative estimate of drug-likeness (QED) is 0.535. The molecular formula is C25H31N3O5. The largest absolute Gasteiger partial charge is 0.493 e. The Bertz CT molecular complexity index is 1150. The molecule has 1 aromatic heterocycles. The van der Waals surface area contributed by atoms with E-state index in [-0.39, 0.29) is 11.6 Å². The molecule has 33 heavy (non-hydrogen) atoms. The molecule has 0 saturated heterocycles. The van der Waals surface area contributed by atoms with E-state index in [1.165, 1.54) is 0 Å². The van der Waals surface area contributed by atoms with Gasteiger partial charge in [-0.15, -0.1) is 0 Å². The van der Waals surface area contributed by atoms with Crippen LogP contribution in [0, 0.1) is 0 Å². The summed E-state index contributed by atoms with van der Waals surface area (Å²) in [5.74, 6) is 2.35. The van der Waals surface area contributed by atoms with Gasteiger partial charge in [-0.3, -0.25) is 4.98 Å². The monoisotopic (exact) mass is 453 g/mol. The molecule has 3 rings (SSSR count). The van der Waals surface area contributed by atoms with Gasteiger partial charge in [0.1, 0.15) is 0 Å². The number of anilines is 1. The molecule has 0 unspecified atom stereocenters. The molecule has 0 aliphatic heterocycles. The Morgan fingerprint density at radius 3 is 2.06 bits per heavy atom. The van der Waals surface area contributed by atoms with Gasteiger partial charge in [0.25, 0.3) is 0 Å². The van der Waals surface area contributed by atoms with Crippen molar-refractivity contribution in [1.82, 2.24) is 10.3 Å². The molecule has 0 atom stereocenters. The van der Waals surface area contributed by atoms with Crippen LogP contribution in [0.15, 0.2) is 36.5 Å². The molecule has 0 aliphatic rings. The van der Waals surface area contributed by atoms with E-state index in [9.17, 15) is 4.79 Å². The standard InChI is InChI=1S/C25H31N3O5/c1-25(2,3)28-24(29)27-18-14-23(33-7)21(31-5)12-16(18)10-19-17-13-22(32-6)20(30-4)11-15(17)8-9-26-19/h8-9,11-14H,10H2,1-7H3,(H2,27,28,29). The van der Waals surface area contributed by atoms with Crippen LogP contribution in [0.3, 0.4) is 0 Å². The highest BCUT2D eigenvalue weighted by Gasteiger charge is 2.19. The van der Waals surface area contributed by atoms with Gasteiger partial charge >= 0.3 is 6.03 Å². The molecule has 8 nitrogen and oxygen atoms in total. The number of aromatic nitrogens is 1. The lowest BCUT2D eigenvalue weighted by molar-refractivity contribution is 0.244. The van der Waals surface area contributed by atoms with E-state index in [4.69, 9.17) is 18.9 Å². The van der Waals surface area contributed by atoms with Crippen LogP contribution >= 0.6 is 0 Å². The first-order valence-corrected chi connectivity index (χ1v) is 10.5. The third kappa shape index (κ3) is 5.58. The predicted octanol–water partition coefficient (Wildman–Crippen LogP) is 4.78. The molecule has 0 fully saturated rings. The summed E-state index contributed by atoms with van der Waals surface area (Å²) in [4.78, 5) is 17.2. The van der Waals surface area contributed by atoms with E-state index < -0.39 is 0 Å². The van der Waals surface area contributed by atoms with Crippen molar-refractivity contribution in [1.29, 1.82) is 0 Å². The molecule has 0 spiro atoms. The Kier molecular flexibility index (Phi) is 7.16. The average Bonchev–Trinajstić information content (AvgIpc) is 2.77. The fraction of sp³-hybridized carbons (Fsp3) is 0.360. The summed E-state index contributed by atoms with van der Waals surface area (Å²) in [6.07, 6.45) is 2.20. The van der Waals surface area contributed by atoms with Crippen molar-refractivity contribution in [2.45, 2.75) is 32.7 Å². The van der Waals surface area contributed by atoms with Gasteiger partial charge < -0.3 is 29.6 Å². The third-order valence-corrected chi connectivity index (χ3v) is 5.06. The number of urea groups is 1. The molecule has 2 amide bonds. The second kappa shape index (κ2) is 9.85. The van der Waals surface area contributed by atoms with E-state index in [0.29, 0.717) is 35.1 Å². The Balaban J connectivity index is 2.08. The van der Waals surface area contributed by atoms with E-state index in [2.05, 4.69) is 15.6 Å². The molecule has 0 saturated carbocycles. The summed E-state index contributed by atoms with van der Waals surface area (Å²) in [7, 11) is 6.34. The minimum atomic E-state index is -0.381.